The van der Waals surface area contributed by atoms with E-state index < -0.39 is 0 Å². The van der Waals surface area contributed by atoms with E-state index in [0.29, 0.717) is 45.3 Å². The van der Waals surface area contributed by atoms with Gasteiger partial charge < -0.3 is 19.3 Å². The molecular formula is C16H28N2O4. The molecule has 22 heavy (non-hydrogen) atoms. The van der Waals surface area contributed by atoms with Gasteiger partial charge in [-0.1, -0.05) is 13.8 Å². The Morgan fingerprint density at radius 2 is 1.86 bits per heavy atom. The molecule has 0 radical (unpaired) electrons. The van der Waals surface area contributed by atoms with E-state index in [0.717, 1.165) is 25.9 Å². The molecule has 2 fully saturated rings. The van der Waals surface area contributed by atoms with Crippen LogP contribution in [-0.2, 0) is 14.3 Å². The van der Waals surface area contributed by atoms with Gasteiger partial charge in [-0.25, -0.2) is 4.79 Å². The minimum Gasteiger partial charge on any atom is -0.449 e. The monoisotopic (exact) mass is 312 g/mol. The molecule has 0 aromatic carbocycles. The van der Waals surface area contributed by atoms with Crippen molar-refractivity contribution in [3.63, 3.8) is 0 Å². The van der Waals surface area contributed by atoms with Crippen LogP contribution in [0.1, 0.15) is 33.1 Å². The summed E-state index contributed by atoms with van der Waals surface area (Å²) in [7, 11) is 0. The van der Waals surface area contributed by atoms with Gasteiger partial charge in [0.25, 0.3) is 0 Å². The normalized spacial score (nSPS) is 23.3. The summed E-state index contributed by atoms with van der Waals surface area (Å²) < 4.78 is 10.7. The second kappa shape index (κ2) is 8.36. The van der Waals surface area contributed by atoms with Crippen molar-refractivity contribution < 1.29 is 19.1 Å². The van der Waals surface area contributed by atoms with Crippen LogP contribution in [0.3, 0.4) is 0 Å². The largest absolute Gasteiger partial charge is 0.449 e. The zero-order valence-electron chi connectivity index (χ0n) is 13.8. The Balaban J connectivity index is 1.81. The molecule has 2 aliphatic rings. The van der Waals surface area contributed by atoms with Crippen LogP contribution in [0, 0.1) is 11.8 Å². The van der Waals surface area contributed by atoms with Crippen molar-refractivity contribution in [2.24, 2.45) is 11.8 Å². The van der Waals surface area contributed by atoms with Crippen LogP contribution in [0.15, 0.2) is 0 Å². The van der Waals surface area contributed by atoms with Gasteiger partial charge in [-0.2, -0.15) is 0 Å². The molecule has 2 heterocycles. The lowest BCUT2D eigenvalue weighted by Gasteiger charge is -2.28. The van der Waals surface area contributed by atoms with E-state index in [9.17, 15) is 9.59 Å². The Morgan fingerprint density at radius 1 is 1.14 bits per heavy atom. The molecule has 0 aliphatic carbocycles. The van der Waals surface area contributed by atoms with E-state index in [1.807, 2.05) is 18.7 Å². The van der Waals surface area contributed by atoms with Gasteiger partial charge in [-0.15, -0.1) is 0 Å². The van der Waals surface area contributed by atoms with Gasteiger partial charge in [0.15, 0.2) is 0 Å². The molecule has 0 bridgehead atoms. The van der Waals surface area contributed by atoms with Crippen LogP contribution in [0.2, 0.25) is 0 Å². The maximum Gasteiger partial charge on any atom is 0.409 e. The van der Waals surface area contributed by atoms with E-state index in [1.54, 1.807) is 4.90 Å². The zero-order chi connectivity index (χ0) is 15.9. The summed E-state index contributed by atoms with van der Waals surface area (Å²) in [5, 5.41) is 0. The van der Waals surface area contributed by atoms with Crippen molar-refractivity contribution in [1.82, 2.24) is 9.80 Å². The first-order valence-corrected chi connectivity index (χ1v) is 8.36. The van der Waals surface area contributed by atoms with Gasteiger partial charge in [0.05, 0.1) is 19.1 Å². The predicted octanol–water partition coefficient (Wildman–Crippen LogP) is 1.74. The lowest BCUT2D eigenvalue weighted by atomic mass is 10.0. The highest BCUT2D eigenvalue weighted by Crippen LogP contribution is 2.17. The molecule has 0 aromatic rings. The Bertz CT molecular complexity index is 380. The molecule has 126 valence electrons. The molecule has 6 heteroatoms. The zero-order valence-corrected chi connectivity index (χ0v) is 13.8. The summed E-state index contributed by atoms with van der Waals surface area (Å²) in [5.41, 5.74) is 0. The molecule has 0 aromatic heterocycles. The molecular weight excluding hydrogens is 284 g/mol. The minimum atomic E-state index is -0.260. The number of hydrogen-bond donors (Lipinski definition) is 0. The van der Waals surface area contributed by atoms with Crippen LogP contribution in [0.4, 0.5) is 4.79 Å². The third-order valence-corrected chi connectivity index (χ3v) is 4.12. The quantitative estimate of drug-likeness (QED) is 0.796. The lowest BCUT2D eigenvalue weighted by Crippen LogP contribution is -2.42. The van der Waals surface area contributed by atoms with E-state index in [2.05, 4.69) is 0 Å². The van der Waals surface area contributed by atoms with Gasteiger partial charge >= 0.3 is 6.09 Å². The molecule has 0 saturated carbocycles. The number of rotatable bonds is 3. The Kier molecular flexibility index (Phi) is 6.49. The Labute approximate surface area is 132 Å². The number of carbonyl (C=O) groups is 2. The fourth-order valence-corrected chi connectivity index (χ4v) is 2.84. The number of carbonyl (C=O) groups excluding carboxylic acids is 2. The van der Waals surface area contributed by atoms with Gasteiger partial charge in [0, 0.05) is 32.8 Å². The summed E-state index contributed by atoms with van der Waals surface area (Å²) in [6.45, 7) is 8.28. The fourth-order valence-electron chi connectivity index (χ4n) is 2.84. The smallest absolute Gasteiger partial charge is 0.409 e. The molecule has 1 atom stereocenters. The highest BCUT2D eigenvalue weighted by molar-refractivity contribution is 5.79. The predicted molar refractivity (Wildman–Crippen MR) is 82.5 cm³/mol. The van der Waals surface area contributed by atoms with E-state index in [-0.39, 0.29) is 17.9 Å². The van der Waals surface area contributed by atoms with Crippen molar-refractivity contribution in [2.45, 2.75) is 33.1 Å². The second-order valence-electron chi connectivity index (χ2n) is 6.55. The first-order chi connectivity index (χ1) is 10.6. The average molecular weight is 312 g/mol. The third kappa shape index (κ3) is 4.87. The van der Waals surface area contributed by atoms with E-state index >= 15 is 0 Å². The Hall–Kier alpha value is -1.30. The SMILES string of the molecule is CC(C)COC(=O)N1CCCN(C(=O)[C@H]2CCCOC2)CC1. The molecule has 2 rings (SSSR count). The molecule has 2 amide bonds. The first kappa shape index (κ1) is 17.1. The van der Waals surface area contributed by atoms with Gasteiger partial charge in [-0.3, -0.25) is 4.79 Å². The first-order valence-electron chi connectivity index (χ1n) is 8.36. The van der Waals surface area contributed by atoms with Crippen molar-refractivity contribution in [3.05, 3.63) is 0 Å². The maximum absolute atomic E-state index is 12.5. The molecule has 2 aliphatic heterocycles. The lowest BCUT2D eigenvalue weighted by molar-refractivity contribution is -0.139. The summed E-state index contributed by atoms with van der Waals surface area (Å²) >= 11 is 0. The fraction of sp³-hybridized carbons (Fsp3) is 0.875. The molecule has 6 nitrogen and oxygen atoms in total. The third-order valence-electron chi connectivity index (χ3n) is 4.12. The Morgan fingerprint density at radius 3 is 2.55 bits per heavy atom. The molecule has 2 saturated heterocycles. The highest BCUT2D eigenvalue weighted by Gasteiger charge is 2.29. The van der Waals surface area contributed by atoms with Gasteiger partial charge in [-0.05, 0) is 25.2 Å². The standard InChI is InChI=1S/C16H28N2O4/c1-13(2)11-22-16(20)18-7-4-6-17(8-9-18)15(19)14-5-3-10-21-12-14/h13-14H,3-12H2,1-2H3/t14-/m0/s1. The molecule has 0 unspecified atom stereocenters. The minimum absolute atomic E-state index is 0.00630. The maximum atomic E-state index is 12.5. The van der Waals surface area contributed by atoms with Crippen LogP contribution >= 0.6 is 0 Å². The van der Waals surface area contributed by atoms with Gasteiger partial charge in [0.2, 0.25) is 5.91 Å². The van der Waals surface area contributed by atoms with Crippen molar-refractivity contribution in [2.75, 3.05) is 46.0 Å². The van der Waals surface area contributed by atoms with E-state index in [1.165, 1.54) is 0 Å². The van der Waals surface area contributed by atoms with Crippen molar-refractivity contribution >= 4 is 12.0 Å². The van der Waals surface area contributed by atoms with E-state index in [4.69, 9.17) is 9.47 Å². The van der Waals surface area contributed by atoms with Crippen LogP contribution in [0.25, 0.3) is 0 Å². The summed E-state index contributed by atoms with van der Waals surface area (Å²) in [4.78, 5) is 28.1. The number of amides is 2. The van der Waals surface area contributed by atoms with Crippen molar-refractivity contribution in [1.29, 1.82) is 0 Å². The van der Waals surface area contributed by atoms with Crippen LogP contribution in [0.5, 0.6) is 0 Å². The summed E-state index contributed by atoms with van der Waals surface area (Å²) in [5.74, 6) is 0.505. The number of hydrogen-bond acceptors (Lipinski definition) is 4. The topological polar surface area (TPSA) is 59.1 Å². The van der Waals surface area contributed by atoms with Crippen LogP contribution < -0.4 is 0 Å². The second-order valence-corrected chi connectivity index (χ2v) is 6.55. The molecule has 0 spiro atoms. The summed E-state index contributed by atoms with van der Waals surface area (Å²) in [6, 6.07) is 0. The highest BCUT2D eigenvalue weighted by atomic mass is 16.6. The van der Waals surface area contributed by atoms with Crippen LogP contribution in [-0.4, -0.2) is 67.8 Å². The number of nitrogens with zero attached hydrogens (tertiary/aromatic N) is 2. The van der Waals surface area contributed by atoms with Crippen molar-refractivity contribution in [3.8, 4) is 0 Å². The number of ether oxygens (including phenoxy) is 2. The van der Waals surface area contributed by atoms with Gasteiger partial charge in [0.1, 0.15) is 0 Å². The molecule has 0 N–H and O–H groups in total. The average Bonchev–Trinajstić information content (AvgIpc) is 2.78. The summed E-state index contributed by atoms with van der Waals surface area (Å²) in [6.07, 6.45) is 2.41.